The van der Waals surface area contributed by atoms with Crippen LogP contribution in [0.4, 0.5) is 13.2 Å². The summed E-state index contributed by atoms with van der Waals surface area (Å²) in [5, 5.41) is 6.44. The third-order valence-corrected chi connectivity index (χ3v) is 1.24. The predicted octanol–water partition coefficient (Wildman–Crippen LogP) is -0.787. The Morgan fingerprint density at radius 3 is 1.38 bits per heavy atom. The van der Waals surface area contributed by atoms with Gasteiger partial charge in [0.05, 0.1) is 0 Å². The van der Waals surface area contributed by atoms with Crippen LogP contribution < -0.4 is 16.4 Å². The van der Waals surface area contributed by atoms with Crippen LogP contribution in [-0.4, -0.2) is 38.3 Å². The molecule has 1 aliphatic rings. The molecule has 1 aliphatic heterocycles. The van der Waals surface area contributed by atoms with Crippen LogP contribution in [0.3, 0.4) is 0 Å². The van der Waals surface area contributed by atoms with Crippen LogP contribution in [0, 0.1) is 0 Å². The van der Waals surface area contributed by atoms with Crippen LogP contribution in [0.1, 0.15) is 0 Å². The maximum Gasteiger partial charge on any atom is 0.470 e. The second-order valence-corrected chi connectivity index (χ2v) is 2.36. The van der Waals surface area contributed by atoms with Crippen LogP contribution >= 0.6 is 0 Å². The average Bonchev–Trinajstić information content (AvgIpc) is 2.07. The van der Waals surface area contributed by atoms with Gasteiger partial charge in [-0.3, -0.25) is 4.79 Å². The van der Waals surface area contributed by atoms with Crippen molar-refractivity contribution in [2.75, 3.05) is 26.2 Å². The number of halogens is 3. The van der Waals surface area contributed by atoms with E-state index in [0.717, 1.165) is 26.2 Å². The largest absolute Gasteiger partial charge is 0.470 e. The number of carbonyl (C=O) groups excluding carboxylic acids is 1. The molecule has 7 heteroatoms. The zero-order valence-corrected chi connectivity index (χ0v) is 6.95. The van der Waals surface area contributed by atoms with Crippen molar-refractivity contribution >= 4 is 5.91 Å². The van der Waals surface area contributed by atoms with Gasteiger partial charge in [0.15, 0.2) is 0 Å². The average molecular weight is 199 g/mol. The summed E-state index contributed by atoms with van der Waals surface area (Å²) < 4.78 is 32.1. The van der Waals surface area contributed by atoms with E-state index in [1.54, 1.807) is 0 Å². The fourth-order valence-electron chi connectivity index (χ4n) is 0.604. The van der Waals surface area contributed by atoms with Gasteiger partial charge in [0.2, 0.25) is 0 Å². The highest BCUT2D eigenvalue weighted by Gasteiger charge is 2.35. The monoisotopic (exact) mass is 199 g/mol. The molecule has 0 aromatic heterocycles. The van der Waals surface area contributed by atoms with Crippen molar-refractivity contribution in [3.63, 3.8) is 0 Å². The molecule has 4 nitrogen and oxygen atoms in total. The minimum atomic E-state index is -4.86. The highest BCUT2D eigenvalue weighted by molar-refractivity contribution is 5.79. The van der Waals surface area contributed by atoms with Crippen molar-refractivity contribution in [2.24, 2.45) is 5.73 Å². The number of alkyl halides is 3. The van der Waals surface area contributed by atoms with E-state index in [1.807, 2.05) is 0 Å². The molecule has 78 valence electrons. The van der Waals surface area contributed by atoms with E-state index in [4.69, 9.17) is 4.79 Å². The molecule has 1 amide bonds. The van der Waals surface area contributed by atoms with Crippen molar-refractivity contribution in [1.29, 1.82) is 0 Å². The molecule has 0 aliphatic carbocycles. The standard InChI is InChI=1S/C4H10N2.C2H2F3NO/c1-2-6-4-3-5-1;3-2(4,5)1(6)7/h5-6H,1-4H2;(H2,6,7). The summed E-state index contributed by atoms with van der Waals surface area (Å²) in [6, 6.07) is 0. The van der Waals surface area contributed by atoms with Crippen molar-refractivity contribution in [3.05, 3.63) is 0 Å². The molecule has 0 radical (unpaired) electrons. The number of primary amides is 1. The number of amides is 1. The molecule has 1 rings (SSSR count). The summed E-state index contributed by atoms with van der Waals surface area (Å²) in [7, 11) is 0. The van der Waals surface area contributed by atoms with Crippen molar-refractivity contribution in [3.8, 4) is 0 Å². The number of piperazine rings is 1. The number of nitrogens with one attached hydrogen (secondary N) is 2. The summed E-state index contributed by atoms with van der Waals surface area (Å²) >= 11 is 0. The van der Waals surface area contributed by atoms with Gasteiger partial charge in [-0.05, 0) is 0 Å². The second-order valence-electron chi connectivity index (χ2n) is 2.36. The number of hydrogen-bond acceptors (Lipinski definition) is 3. The molecule has 0 spiro atoms. The van der Waals surface area contributed by atoms with Gasteiger partial charge in [0.1, 0.15) is 0 Å². The van der Waals surface area contributed by atoms with Gasteiger partial charge in [-0.25, -0.2) is 0 Å². The zero-order valence-electron chi connectivity index (χ0n) is 6.95. The van der Waals surface area contributed by atoms with Crippen molar-refractivity contribution < 1.29 is 18.0 Å². The molecule has 1 saturated heterocycles. The Bertz CT molecular complexity index is 144. The van der Waals surface area contributed by atoms with Gasteiger partial charge in [-0.15, -0.1) is 0 Å². The van der Waals surface area contributed by atoms with E-state index in [9.17, 15) is 13.2 Å². The lowest BCUT2D eigenvalue weighted by Gasteiger charge is -2.11. The fourth-order valence-corrected chi connectivity index (χ4v) is 0.604. The normalized spacial score (nSPS) is 17.2. The predicted molar refractivity (Wildman–Crippen MR) is 41.0 cm³/mol. The lowest BCUT2D eigenvalue weighted by atomic mass is 10.4. The van der Waals surface area contributed by atoms with Crippen molar-refractivity contribution in [1.82, 2.24) is 10.6 Å². The highest BCUT2D eigenvalue weighted by atomic mass is 19.4. The van der Waals surface area contributed by atoms with Crippen LogP contribution in [0.5, 0.6) is 0 Å². The molecular formula is C6H12F3N3O. The minimum absolute atomic E-state index is 1.14. The van der Waals surface area contributed by atoms with Gasteiger partial charge < -0.3 is 16.4 Å². The lowest BCUT2D eigenvalue weighted by molar-refractivity contribution is -0.169. The first kappa shape index (κ1) is 12.2. The van der Waals surface area contributed by atoms with Gasteiger partial charge in [-0.2, -0.15) is 13.2 Å². The summed E-state index contributed by atoms with van der Waals surface area (Å²) in [5.41, 5.74) is 3.81. The smallest absolute Gasteiger partial charge is 0.362 e. The van der Waals surface area contributed by atoms with Crippen molar-refractivity contribution in [2.45, 2.75) is 6.18 Å². The Morgan fingerprint density at radius 2 is 1.31 bits per heavy atom. The molecule has 1 fully saturated rings. The fraction of sp³-hybridized carbons (Fsp3) is 0.833. The zero-order chi connectivity index (χ0) is 10.3. The third-order valence-electron chi connectivity index (χ3n) is 1.24. The molecule has 0 saturated carbocycles. The summed E-state index contributed by atoms with van der Waals surface area (Å²) in [5.74, 6) is -2.26. The Morgan fingerprint density at radius 1 is 1.08 bits per heavy atom. The van der Waals surface area contributed by atoms with E-state index in [2.05, 4.69) is 16.4 Å². The van der Waals surface area contributed by atoms with Crippen LogP contribution in [0.2, 0.25) is 0 Å². The lowest BCUT2D eigenvalue weighted by Crippen LogP contribution is -2.39. The van der Waals surface area contributed by atoms with E-state index >= 15 is 0 Å². The van der Waals surface area contributed by atoms with Gasteiger partial charge in [0, 0.05) is 26.2 Å². The molecular weight excluding hydrogens is 187 g/mol. The van der Waals surface area contributed by atoms with Gasteiger partial charge >= 0.3 is 12.1 Å². The number of nitrogens with two attached hydrogens (primary N) is 1. The van der Waals surface area contributed by atoms with E-state index in [-0.39, 0.29) is 0 Å². The minimum Gasteiger partial charge on any atom is -0.362 e. The van der Waals surface area contributed by atoms with E-state index in [1.165, 1.54) is 0 Å². The second kappa shape index (κ2) is 5.76. The molecule has 13 heavy (non-hydrogen) atoms. The van der Waals surface area contributed by atoms with Gasteiger partial charge in [-0.1, -0.05) is 0 Å². The molecule has 0 aromatic carbocycles. The Hall–Kier alpha value is -0.820. The van der Waals surface area contributed by atoms with E-state index < -0.39 is 12.1 Å². The summed E-state index contributed by atoms with van der Waals surface area (Å²) in [6.07, 6.45) is -4.86. The number of carbonyl (C=O) groups is 1. The molecule has 0 bridgehead atoms. The van der Waals surface area contributed by atoms with Gasteiger partial charge in [0.25, 0.3) is 0 Å². The SMILES string of the molecule is C1CNCCN1.NC(=O)C(F)(F)F. The Balaban J connectivity index is 0.000000223. The van der Waals surface area contributed by atoms with Crippen LogP contribution in [-0.2, 0) is 4.79 Å². The van der Waals surface area contributed by atoms with Crippen LogP contribution in [0.15, 0.2) is 0 Å². The molecule has 1 heterocycles. The first-order valence-electron chi connectivity index (χ1n) is 3.72. The molecule has 0 atom stereocenters. The molecule has 0 aromatic rings. The molecule has 0 unspecified atom stereocenters. The van der Waals surface area contributed by atoms with E-state index in [0.29, 0.717) is 0 Å². The quantitative estimate of drug-likeness (QED) is 0.479. The first-order valence-corrected chi connectivity index (χ1v) is 3.72. The topological polar surface area (TPSA) is 67.2 Å². The highest BCUT2D eigenvalue weighted by Crippen LogP contribution is 2.11. The Labute approximate surface area is 73.7 Å². The first-order chi connectivity index (χ1) is 5.94. The maximum absolute atomic E-state index is 10.7. The number of hydrogen-bond donors (Lipinski definition) is 3. The summed E-state index contributed by atoms with van der Waals surface area (Å²) in [6.45, 7) is 4.56. The van der Waals surface area contributed by atoms with Crippen LogP contribution in [0.25, 0.3) is 0 Å². The molecule has 4 N–H and O–H groups in total. The maximum atomic E-state index is 10.7. The third kappa shape index (κ3) is 7.54. The number of rotatable bonds is 0. The summed E-state index contributed by atoms with van der Waals surface area (Å²) in [4.78, 5) is 9.12. The Kier molecular flexibility index (Phi) is 5.40.